The van der Waals surface area contributed by atoms with Gasteiger partial charge in [0.1, 0.15) is 23.5 Å². The number of hydrogen-bond acceptors (Lipinski definition) is 5. The number of hydrogen-bond donors (Lipinski definition) is 2. The van der Waals surface area contributed by atoms with Crippen molar-refractivity contribution in [3.05, 3.63) is 36.3 Å². The molecule has 0 saturated heterocycles. The lowest BCUT2D eigenvalue weighted by Gasteiger charge is -2.50. The van der Waals surface area contributed by atoms with Crippen molar-refractivity contribution < 1.29 is 4.74 Å². The van der Waals surface area contributed by atoms with Crippen LogP contribution in [0.2, 0.25) is 0 Å². The number of fused-ring (bicyclic) bond motifs is 1. The van der Waals surface area contributed by atoms with Gasteiger partial charge in [0.15, 0.2) is 0 Å². The molecule has 0 atom stereocenters. The van der Waals surface area contributed by atoms with Gasteiger partial charge < -0.3 is 20.8 Å². The minimum Gasteiger partial charge on any atom is -0.497 e. The zero-order valence-corrected chi connectivity index (χ0v) is 17.2. The number of nitrogen functional groups attached to an aromatic ring is 1. The number of ether oxygens (including phenoxy) is 1. The van der Waals surface area contributed by atoms with Gasteiger partial charge in [0.2, 0.25) is 0 Å². The topological polar surface area (TPSA) is 92.0 Å². The first kappa shape index (κ1) is 18.4. The molecule has 5 rings (SSSR count). The molecule has 2 aliphatic rings. The number of nitrogens with zero attached hydrogens (tertiary/aromatic N) is 3. The molecule has 2 fully saturated rings. The Morgan fingerprint density at radius 3 is 2.41 bits per heavy atom. The number of rotatable bonds is 3. The van der Waals surface area contributed by atoms with E-state index in [9.17, 15) is 0 Å². The van der Waals surface area contributed by atoms with E-state index in [0.717, 1.165) is 22.3 Å². The van der Waals surface area contributed by atoms with Crippen LogP contribution in [0, 0.1) is 5.41 Å². The highest BCUT2D eigenvalue weighted by molar-refractivity contribution is 6.02. The molecule has 3 aromatic rings. The minimum absolute atomic E-state index is 0.411. The Morgan fingerprint density at radius 2 is 1.79 bits per heavy atom. The van der Waals surface area contributed by atoms with E-state index in [0.29, 0.717) is 23.2 Å². The van der Waals surface area contributed by atoms with E-state index in [-0.39, 0.29) is 0 Å². The van der Waals surface area contributed by atoms with Crippen molar-refractivity contribution in [2.24, 2.45) is 18.2 Å². The maximum absolute atomic E-state index is 6.35. The van der Waals surface area contributed by atoms with E-state index in [1.807, 2.05) is 12.1 Å². The molecule has 0 bridgehead atoms. The summed E-state index contributed by atoms with van der Waals surface area (Å²) in [6.45, 7) is 0. The van der Waals surface area contributed by atoms with Gasteiger partial charge in [-0.25, -0.2) is 9.97 Å². The maximum atomic E-state index is 6.35. The molecule has 0 radical (unpaired) electrons. The van der Waals surface area contributed by atoms with E-state index in [1.54, 1.807) is 13.4 Å². The SMILES string of the molecule is COc1ccc(-c2c(C3CCC4(CC3)CC(N)C4)n(C)c3ncnc(N)c23)cc1. The summed E-state index contributed by atoms with van der Waals surface area (Å²) in [5, 5.41) is 0.959. The summed E-state index contributed by atoms with van der Waals surface area (Å²) in [6, 6.07) is 8.64. The van der Waals surface area contributed by atoms with Gasteiger partial charge in [-0.15, -0.1) is 0 Å². The average Bonchev–Trinajstić information content (AvgIpc) is 3.02. The molecule has 6 nitrogen and oxygen atoms in total. The van der Waals surface area contributed by atoms with Gasteiger partial charge in [-0.3, -0.25) is 0 Å². The molecule has 152 valence electrons. The summed E-state index contributed by atoms with van der Waals surface area (Å²) < 4.78 is 7.59. The maximum Gasteiger partial charge on any atom is 0.146 e. The summed E-state index contributed by atoms with van der Waals surface area (Å²) >= 11 is 0. The predicted molar refractivity (Wildman–Crippen MR) is 116 cm³/mol. The Bertz CT molecular complexity index is 1040. The summed E-state index contributed by atoms with van der Waals surface area (Å²) in [5.74, 6) is 1.88. The lowest BCUT2D eigenvalue weighted by molar-refractivity contribution is 0.0477. The normalized spacial score (nSPS) is 26.6. The van der Waals surface area contributed by atoms with Crippen LogP contribution in [0.5, 0.6) is 5.75 Å². The molecule has 2 heterocycles. The first-order chi connectivity index (χ1) is 14.0. The van der Waals surface area contributed by atoms with E-state index in [2.05, 4.69) is 33.7 Å². The van der Waals surface area contributed by atoms with Crippen molar-refractivity contribution in [2.45, 2.75) is 50.5 Å². The molecule has 4 N–H and O–H groups in total. The first-order valence-electron chi connectivity index (χ1n) is 10.5. The first-order valence-corrected chi connectivity index (χ1v) is 10.5. The van der Waals surface area contributed by atoms with Crippen molar-refractivity contribution in [3.8, 4) is 16.9 Å². The Hall–Kier alpha value is -2.60. The fourth-order valence-electron chi connectivity index (χ4n) is 5.79. The molecule has 1 aromatic carbocycles. The van der Waals surface area contributed by atoms with Crippen LogP contribution in [0.25, 0.3) is 22.2 Å². The van der Waals surface area contributed by atoms with Crippen molar-refractivity contribution in [2.75, 3.05) is 12.8 Å². The number of aryl methyl sites for hydroxylation is 1. The van der Waals surface area contributed by atoms with E-state index >= 15 is 0 Å². The third-order valence-corrected chi connectivity index (χ3v) is 7.24. The second-order valence-corrected chi connectivity index (χ2v) is 8.95. The summed E-state index contributed by atoms with van der Waals surface area (Å²) in [7, 11) is 3.80. The molecule has 29 heavy (non-hydrogen) atoms. The van der Waals surface area contributed by atoms with Gasteiger partial charge in [0.25, 0.3) is 0 Å². The van der Waals surface area contributed by atoms with Crippen LogP contribution >= 0.6 is 0 Å². The Balaban J connectivity index is 1.61. The molecule has 0 unspecified atom stereocenters. The quantitative estimate of drug-likeness (QED) is 0.704. The van der Waals surface area contributed by atoms with Crippen molar-refractivity contribution >= 4 is 16.9 Å². The van der Waals surface area contributed by atoms with Gasteiger partial charge in [-0.1, -0.05) is 12.1 Å². The highest BCUT2D eigenvalue weighted by Crippen LogP contribution is 2.55. The number of nitrogens with two attached hydrogens (primary N) is 2. The Labute approximate surface area is 171 Å². The summed E-state index contributed by atoms with van der Waals surface area (Å²) in [4.78, 5) is 8.87. The molecule has 1 spiro atoms. The Kier molecular flexibility index (Phi) is 4.28. The minimum atomic E-state index is 0.411. The second kappa shape index (κ2) is 6.73. The molecule has 0 aliphatic heterocycles. The Morgan fingerprint density at radius 1 is 1.10 bits per heavy atom. The zero-order valence-electron chi connectivity index (χ0n) is 17.2. The highest BCUT2D eigenvalue weighted by Gasteiger charge is 2.45. The van der Waals surface area contributed by atoms with Crippen molar-refractivity contribution in [1.82, 2.24) is 14.5 Å². The van der Waals surface area contributed by atoms with Crippen molar-refractivity contribution in [1.29, 1.82) is 0 Å². The van der Waals surface area contributed by atoms with E-state index in [1.165, 1.54) is 49.8 Å². The van der Waals surface area contributed by atoms with Gasteiger partial charge in [-0.05, 0) is 67.6 Å². The van der Waals surface area contributed by atoms with E-state index < -0.39 is 0 Å². The van der Waals surface area contributed by atoms with Crippen LogP contribution in [0.3, 0.4) is 0 Å². The van der Waals surface area contributed by atoms with Crippen LogP contribution in [-0.4, -0.2) is 27.7 Å². The van der Waals surface area contributed by atoms with Crippen LogP contribution in [0.4, 0.5) is 5.82 Å². The van der Waals surface area contributed by atoms with Crippen LogP contribution in [-0.2, 0) is 7.05 Å². The van der Waals surface area contributed by atoms with Crippen LogP contribution < -0.4 is 16.2 Å². The molecule has 0 amide bonds. The van der Waals surface area contributed by atoms with Gasteiger partial charge >= 0.3 is 0 Å². The molecule has 2 aliphatic carbocycles. The zero-order chi connectivity index (χ0) is 20.2. The monoisotopic (exact) mass is 391 g/mol. The lowest BCUT2D eigenvalue weighted by Crippen LogP contribution is -2.47. The number of aromatic nitrogens is 3. The van der Waals surface area contributed by atoms with E-state index in [4.69, 9.17) is 16.2 Å². The third kappa shape index (κ3) is 2.89. The molecule has 6 heteroatoms. The largest absolute Gasteiger partial charge is 0.497 e. The predicted octanol–water partition coefficient (Wildman–Crippen LogP) is 3.99. The third-order valence-electron chi connectivity index (χ3n) is 7.24. The fraction of sp³-hybridized carbons (Fsp3) is 0.478. The summed E-state index contributed by atoms with van der Waals surface area (Å²) in [5.41, 5.74) is 17.5. The highest BCUT2D eigenvalue weighted by atomic mass is 16.5. The van der Waals surface area contributed by atoms with Gasteiger partial charge in [0, 0.05) is 24.3 Å². The molecule has 2 aromatic heterocycles. The molecular formula is C23H29N5O. The van der Waals surface area contributed by atoms with Crippen molar-refractivity contribution in [3.63, 3.8) is 0 Å². The molecular weight excluding hydrogens is 362 g/mol. The second-order valence-electron chi connectivity index (χ2n) is 8.95. The van der Waals surface area contributed by atoms with Crippen LogP contribution in [0.15, 0.2) is 30.6 Å². The molecule has 2 saturated carbocycles. The number of methoxy groups -OCH3 is 1. The summed E-state index contributed by atoms with van der Waals surface area (Å²) in [6.07, 6.45) is 8.84. The fourth-order valence-corrected chi connectivity index (χ4v) is 5.79. The standard InChI is InChI=1S/C23H29N5O/c1-28-20(15-7-9-23(10-8-15)11-16(24)12-23)18(14-3-5-17(29-2)6-4-14)19-21(25)26-13-27-22(19)28/h3-6,13,15-16H,7-12,24H2,1-2H3,(H2,25,26,27). The van der Waals surface area contributed by atoms with Gasteiger partial charge in [-0.2, -0.15) is 0 Å². The van der Waals surface area contributed by atoms with Crippen LogP contribution in [0.1, 0.15) is 50.1 Å². The average molecular weight is 392 g/mol. The lowest BCUT2D eigenvalue weighted by atomic mass is 9.57. The van der Waals surface area contributed by atoms with Gasteiger partial charge in [0.05, 0.1) is 12.5 Å². The number of anilines is 1. The number of benzene rings is 1. The smallest absolute Gasteiger partial charge is 0.146 e.